The van der Waals surface area contributed by atoms with Crippen LogP contribution in [0.2, 0.25) is 0 Å². The molecule has 1 fully saturated rings. The number of rotatable bonds is 9. The average molecular weight is 541 g/mol. The van der Waals surface area contributed by atoms with Crippen LogP contribution in [-0.4, -0.2) is 54.2 Å². The van der Waals surface area contributed by atoms with Crippen LogP contribution in [0.4, 0.5) is 13.2 Å². The van der Waals surface area contributed by atoms with Crippen LogP contribution in [0.15, 0.2) is 72.8 Å². The minimum absolute atomic E-state index is 0.285. The first-order chi connectivity index (χ1) is 18.5. The Kier molecular flexibility index (Phi) is 8.97. The molecule has 0 bridgehead atoms. The number of benzene rings is 3. The predicted octanol–water partition coefficient (Wildman–Crippen LogP) is 6.41. The Morgan fingerprint density at radius 1 is 0.821 bits per heavy atom. The Balaban J connectivity index is 1.41. The second kappa shape index (κ2) is 12.2. The van der Waals surface area contributed by atoms with Crippen molar-refractivity contribution in [2.24, 2.45) is 0 Å². The van der Waals surface area contributed by atoms with E-state index in [1.165, 1.54) is 0 Å². The summed E-state index contributed by atoms with van der Waals surface area (Å²) in [6.45, 7) is 10.2. The molecule has 0 radical (unpaired) electrons. The topological polar surface area (TPSA) is 42.0 Å². The summed E-state index contributed by atoms with van der Waals surface area (Å²) < 4.78 is 49.9. The van der Waals surface area contributed by atoms with Crippen molar-refractivity contribution in [1.82, 2.24) is 9.80 Å². The zero-order valence-corrected chi connectivity index (χ0v) is 22.6. The van der Waals surface area contributed by atoms with Crippen LogP contribution in [0.5, 0.6) is 5.75 Å². The van der Waals surface area contributed by atoms with Crippen molar-refractivity contribution in [3.63, 3.8) is 0 Å². The molecule has 3 aromatic carbocycles. The maximum absolute atomic E-state index is 12.8. The van der Waals surface area contributed by atoms with Gasteiger partial charge in [-0.3, -0.25) is 9.80 Å². The molecule has 0 amide bonds. The molecule has 0 aliphatic carbocycles. The fraction of sp³-hybridized carbons (Fsp3) is 0.387. The van der Waals surface area contributed by atoms with Crippen molar-refractivity contribution >= 4 is 5.97 Å². The summed E-state index contributed by atoms with van der Waals surface area (Å²) in [5.74, 6) is 0.201. The van der Waals surface area contributed by atoms with Crippen molar-refractivity contribution in [1.29, 1.82) is 0 Å². The zero-order chi connectivity index (χ0) is 28.0. The highest BCUT2D eigenvalue weighted by molar-refractivity contribution is 5.80. The van der Waals surface area contributed by atoms with E-state index in [-0.39, 0.29) is 6.61 Å². The molecule has 1 aliphatic rings. The quantitative estimate of drug-likeness (QED) is 0.294. The standard InChI is InChI=1S/C31H35F3N2O3/c1-4-38-29(37)30(2,3)39-28-15-12-24(20-27(28)25-8-6-5-7-9-25)22-36-18-16-35(17-19-36)21-23-10-13-26(14-11-23)31(32,33)34/h5-15,20H,4,16-19,21-22H2,1-3H3. The first-order valence-corrected chi connectivity index (χ1v) is 13.2. The van der Waals surface area contributed by atoms with E-state index in [9.17, 15) is 18.0 Å². The molecule has 0 aromatic heterocycles. The summed E-state index contributed by atoms with van der Waals surface area (Å²) in [6, 6.07) is 21.4. The van der Waals surface area contributed by atoms with Crippen molar-refractivity contribution in [2.75, 3.05) is 32.8 Å². The molecule has 0 N–H and O–H groups in total. The minimum atomic E-state index is -4.31. The first-order valence-electron chi connectivity index (χ1n) is 13.2. The number of nitrogens with zero attached hydrogens (tertiary/aromatic N) is 2. The monoisotopic (exact) mass is 540 g/mol. The zero-order valence-electron chi connectivity index (χ0n) is 22.6. The van der Waals surface area contributed by atoms with Crippen LogP contribution in [0.25, 0.3) is 11.1 Å². The van der Waals surface area contributed by atoms with Crippen LogP contribution in [0.3, 0.4) is 0 Å². The van der Waals surface area contributed by atoms with E-state index in [4.69, 9.17) is 9.47 Å². The van der Waals surface area contributed by atoms with Crippen LogP contribution in [-0.2, 0) is 28.8 Å². The largest absolute Gasteiger partial charge is 0.476 e. The second-order valence-corrected chi connectivity index (χ2v) is 10.3. The van der Waals surface area contributed by atoms with Gasteiger partial charge in [-0.25, -0.2) is 4.79 Å². The number of carbonyl (C=O) groups excluding carboxylic acids is 1. The molecule has 4 rings (SSSR count). The smallest absolute Gasteiger partial charge is 0.416 e. The fourth-order valence-corrected chi connectivity index (χ4v) is 4.65. The Morgan fingerprint density at radius 2 is 1.38 bits per heavy atom. The molecule has 1 heterocycles. The van der Waals surface area contributed by atoms with E-state index < -0.39 is 23.3 Å². The number of carbonyl (C=O) groups is 1. The summed E-state index contributed by atoms with van der Waals surface area (Å²) in [4.78, 5) is 17.1. The maximum Gasteiger partial charge on any atom is 0.416 e. The summed E-state index contributed by atoms with van der Waals surface area (Å²) in [7, 11) is 0. The van der Waals surface area contributed by atoms with Gasteiger partial charge in [-0.15, -0.1) is 0 Å². The molecule has 0 spiro atoms. The van der Waals surface area contributed by atoms with Gasteiger partial charge in [0.25, 0.3) is 0 Å². The van der Waals surface area contributed by atoms with Gasteiger partial charge in [0.1, 0.15) is 5.75 Å². The molecule has 1 saturated heterocycles. The van der Waals surface area contributed by atoms with Gasteiger partial charge < -0.3 is 9.47 Å². The van der Waals surface area contributed by atoms with Gasteiger partial charge >= 0.3 is 12.1 Å². The van der Waals surface area contributed by atoms with Crippen LogP contribution in [0.1, 0.15) is 37.5 Å². The van der Waals surface area contributed by atoms with E-state index >= 15 is 0 Å². The number of hydrogen-bond donors (Lipinski definition) is 0. The Hall–Kier alpha value is -3.36. The van der Waals surface area contributed by atoms with Crippen molar-refractivity contribution in [3.05, 3.63) is 89.5 Å². The van der Waals surface area contributed by atoms with Gasteiger partial charge in [0.15, 0.2) is 5.60 Å². The lowest BCUT2D eigenvalue weighted by atomic mass is 10.0. The van der Waals surface area contributed by atoms with Gasteiger partial charge in [-0.05, 0) is 61.7 Å². The van der Waals surface area contributed by atoms with Gasteiger partial charge in [0.05, 0.1) is 12.2 Å². The Labute approximate surface area is 228 Å². The Bertz CT molecular complexity index is 1240. The number of esters is 1. The van der Waals surface area contributed by atoms with Crippen molar-refractivity contribution < 1.29 is 27.4 Å². The van der Waals surface area contributed by atoms with Crippen molar-refractivity contribution in [2.45, 2.75) is 45.6 Å². The number of alkyl halides is 3. The Morgan fingerprint density at radius 3 is 1.95 bits per heavy atom. The van der Waals surface area contributed by atoms with E-state index in [1.54, 1.807) is 32.9 Å². The second-order valence-electron chi connectivity index (χ2n) is 10.3. The molecule has 0 saturated carbocycles. The molecule has 39 heavy (non-hydrogen) atoms. The van der Waals surface area contributed by atoms with Crippen LogP contribution in [0, 0.1) is 0 Å². The van der Waals surface area contributed by atoms with Gasteiger partial charge in [0.2, 0.25) is 0 Å². The maximum atomic E-state index is 12.8. The lowest BCUT2D eigenvalue weighted by molar-refractivity contribution is -0.158. The lowest BCUT2D eigenvalue weighted by Gasteiger charge is -2.35. The number of hydrogen-bond acceptors (Lipinski definition) is 5. The van der Waals surface area contributed by atoms with Gasteiger partial charge in [-0.2, -0.15) is 13.2 Å². The van der Waals surface area contributed by atoms with Gasteiger partial charge in [0, 0.05) is 44.8 Å². The van der Waals surface area contributed by atoms with Crippen molar-refractivity contribution in [3.8, 4) is 16.9 Å². The number of ether oxygens (including phenoxy) is 2. The molecular formula is C31H35F3N2O3. The summed E-state index contributed by atoms with van der Waals surface area (Å²) in [6.07, 6.45) is -4.31. The average Bonchev–Trinajstić information content (AvgIpc) is 2.91. The molecule has 1 aliphatic heterocycles. The van der Waals surface area contributed by atoms with E-state index in [0.717, 1.165) is 67.1 Å². The summed E-state index contributed by atoms with van der Waals surface area (Å²) in [5.41, 5.74) is 2.16. The lowest BCUT2D eigenvalue weighted by Crippen LogP contribution is -2.45. The molecule has 208 valence electrons. The van der Waals surface area contributed by atoms with E-state index in [0.29, 0.717) is 12.3 Å². The molecule has 3 aromatic rings. The summed E-state index contributed by atoms with van der Waals surface area (Å²) in [5, 5.41) is 0. The molecular weight excluding hydrogens is 505 g/mol. The van der Waals surface area contributed by atoms with Gasteiger partial charge in [-0.1, -0.05) is 48.5 Å². The first kappa shape index (κ1) is 28.6. The third-order valence-corrected chi connectivity index (χ3v) is 6.82. The molecule has 0 unspecified atom stereocenters. The van der Waals surface area contributed by atoms with Crippen LogP contribution < -0.4 is 4.74 Å². The number of piperazine rings is 1. The highest BCUT2D eigenvalue weighted by Crippen LogP contribution is 2.34. The summed E-state index contributed by atoms with van der Waals surface area (Å²) >= 11 is 0. The highest BCUT2D eigenvalue weighted by Gasteiger charge is 2.33. The van der Waals surface area contributed by atoms with Crippen LogP contribution >= 0.6 is 0 Å². The molecule has 0 atom stereocenters. The third-order valence-electron chi connectivity index (χ3n) is 6.82. The highest BCUT2D eigenvalue weighted by atomic mass is 19.4. The SMILES string of the molecule is CCOC(=O)C(C)(C)Oc1ccc(CN2CCN(Cc3ccc(C(F)(F)F)cc3)CC2)cc1-c1ccccc1. The predicted molar refractivity (Wildman–Crippen MR) is 145 cm³/mol. The number of halogens is 3. The fourth-order valence-electron chi connectivity index (χ4n) is 4.65. The minimum Gasteiger partial charge on any atom is -0.476 e. The van der Waals surface area contributed by atoms with E-state index in [2.05, 4.69) is 15.9 Å². The normalized spacial score (nSPS) is 15.2. The molecule has 8 heteroatoms. The van der Waals surface area contributed by atoms with E-state index in [1.807, 2.05) is 42.5 Å². The third kappa shape index (κ3) is 7.61. The molecule has 5 nitrogen and oxygen atoms in total.